The van der Waals surface area contributed by atoms with Gasteiger partial charge in [0, 0.05) is 16.8 Å². The SMILES string of the molecule is CCOc1ccc(S(=O)(=O)N(CC(=O)Nc2cccc(Cl)c2C)C2CCCCC2)cc1. The summed E-state index contributed by atoms with van der Waals surface area (Å²) in [5, 5.41) is 3.37. The first-order chi connectivity index (χ1) is 14.8. The van der Waals surface area contributed by atoms with Crippen LogP contribution in [0, 0.1) is 6.92 Å². The fourth-order valence-electron chi connectivity index (χ4n) is 3.86. The number of hydrogen-bond acceptors (Lipinski definition) is 4. The third-order valence-electron chi connectivity index (χ3n) is 5.56. The van der Waals surface area contributed by atoms with Gasteiger partial charge in [0.25, 0.3) is 0 Å². The van der Waals surface area contributed by atoms with Gasteiger partial charge in [0.2, 0.25) is 15.9 Å². The van der Waals surface area contributed by atoms with Crippen LogP contribution in [0.25, 0.3) is 0 Å². The van der Waals surface area contributed by atoms with Crippen molar-refractivity contribution in [3.05, 3.63) is 53.1 Å². The minimum atomic E-state index is -3.85. The molecule has 0 bridgehead atoms. The van der Waals surface area contributed by atoms with Crippen molar-refractivity contribution in [2.24, 2.45) is 0 Å². The molecule has 8 heteroatoms. The summed E-state index contributed by atoms with van der Waals surface area (Å²) in [5.74, 6) is 0.227. The molecule has 0 atom stereocenters. The Bertz CT molecular complexity index is 1000. The summed E-state index contributed by atoms with van der Waals surface area (Å²) >= 11 is 6.14. The lowest BCUT2D eigenvalue weighted by molar-refractivity contribution is -0.116. The van der Waals surface area contributed by atoms with Crippen molar-refractivity contribution >= 4 is 33.2 Å². The summed E-state index contributed by atoms with van der Waals surface area (Å²) in [6, 6.07) is 11.4. The largest absolute Gasteiger partial charge is 0.494 e. The number of nitrogens with zero attached hydrogens (tertiary/aromatic N) is 1. The quantitative estimate of drug-likeness (QED) is 0.595. The highest BCUT2D eigenvalue weighted by Crippen LogP contribution is 2.29. The molecule has 31 heavy (non-hydrogen) atoms. The van der Waals surface area contributed by atoms with E-state index in [2.05, 4.69) is 5.32 Å². The number of hydrogen-bond donors (Lipinski definition) is 1. The first kappa shape index (κ1) is 23.6. The number of anilines is 1. The van der Waals surface area contributed by atoms with Gasteiger partial charge in [-0.05, 0) is 68.7 Å². The summed E-state index contributed by atoms with van der Waals surface area (Å²) in [4.78, 5) is 13.0. The standard InChI is InChI=1S/C23H29ClN2O4S/c1-3-30-19-12-14-20(15-13-19)31(28,29)26(18-8-5-4-6-9-18)16-23(27)25-22-11-7-10-21(24)17(22)2/h7,10-15,18H,3-6,8-9,16H2,1-2H3,(H,25,27). The molecule has 168 valence electrons. The van der Waals surface area contributed by atoms with E-state index in [0.717, 1.165) is 37.7 Å². The van der Waals surface area contributed by atoms with Crippen LogP contribution in [0.4, 0.5) is 5.69 Å². The molecule has 1 N–H and O–H groups in total. The van der Waals surface area contributed by atoms with Crippen LogP contribution in [0.1, 0.15) is 44.6 Å². The van der Waals surface area contributed by atoms with Crippen LogP contribution >= 0.6 is 11.6 Å². The van der Waals surface area contributed by atoms with Crippen molar-refractivity contribution in [3.8, 4) is 5.75 Å². The maximum atomic E-state index is 13.5. The molecular formula is C23H29ClN2O4S. The maximum absolute atomic E-state index is 13.5. The van der Waals surface area contributed by atoms with Crippen LogP contribution in [-0.4, -0.2) is 37.8 Å². The number of halogens is 1. The van der Waals surface area contributed by atoms with E-state index in [9.17, 15) is 13.2 Å². The Morgan fingerprint density at radius 1 is 1.13 bits per heavy atom. The van der Waals surface area contributed by atoms with Crippen molar-refractivity contribution in [3.63, 3.8) is 0 Å². The number of carbonyl (C=O) groups is 1. The van der Waals surface area contributed by atoms with E-state index >= 15 is 0 Å². The van der Waals surface area contributed by atoms with E-state index in [0.29, 0.717) is 23.1 Å². The zero-order chi connectivity index (χ0) is 22.4. The van der Waals surface area contributed by atoms with E-state index in [1.165, 1.54) is 16.4 Å². The highest BCUT2D eigenvalue weighted by molar-refractivity contribution is 7.89. The van der Waals surface area contributed by atoms with Crippen molar-refractivity contribution in [1.82, 2.24) is 4.31 Å². The van der Waals surface area contributed by atoms with Gasteiger partial charge in [-0.1, -0.05) is 36.9 Å². The summed E-state index contributed by atoms with van der Waals surface area (Å²) in [6.07, 6.45) is 4.49. The van der Waals surface area contributed by atoms with Gasteiger partial charge in [-0.3, -0.25) is 4.79 Å². The van der Waals surface area contributed by atoms with E-state index < -0.39 is 10.0 Å². The van der Waals surface area contributed by atoms with Crippen molar-refractivity contribution in [1.29, 1.82) is 0 Å². The summed E-state index contributed by atoms with van der Waals surface area (Å²) in [6.45, 7) is 3.94. The zero-order valence-corrected chi connectivity index (χ0v) is 19.5. The monoisotopic (exact) mass is 464 g/mol. The van der Waals surface area contributed by atoms with E-state index in [4.69, 9.17) is 16.3 Å². The lowest BCUT2D eigenvalue weighted by Gasteiger charge is -2.33. The predicted molar refractivity (Wildman–Crippen MR) is 123 cm³/mol. The van der Waals surface area contributed by atoms with Crippen LogP contribution < -0.4 is 10.1 Å². The molecule has 0 unspecified atom stereocenters. The molecule has 1 fully saturated rings. The Morgan fingerprint density at radius 2 is 1.81 bits per heavy atom. The van der Waals surface area contributed by atoms with Gasteiger partial charge in [0.15, 0.2) is 0 Å². The molecule has 0 radical (unpaired) electrons. The lowest BCUT2D eigenvalue weighted by Crippen LogP contribution is -2.45. The first-order valence-corrected chi connectivity index (χ1v) is 12.4. The Morgan fingerprint density at radius 3 is 2.45 bits per heavy atom. The summed E-state index contributed by atoms with van der Waals surface area (Å²) in [7, 11) is -3.85. The van der Waals surface area contributed by atoms with Crippen molar-refractivity contribution in [2.75, 3.05) is 18.5 Å². The molecule has 1 aliphatic rings. The minimum absolute atomic E-state index is 0.160. The zero-order valence-electron chi connectivity index (χ0n) is 17.9. The molecule has 3 rings (SSSR count). The van der Waals surface area contributed by atoms with Gasteiger partial charge in [0.1, 0.15) is 5.75 Å². The van der Waals surface area contributed by atoms with Crippen LogP contribution in [-0.2, 0) is 14.8 Å². The van der Waals surface area contributed by atoms with Gasteiger partial charge in [0.05, 0.1) is 18.0 Å². The topological polar surface area (TPSA) is 75.7 Å². The third-order valence-corrected chi connectivity index (χ3v) is 7.89. The molecule has 0 spiro atoms. The average Bonchev–Trinajstić information content (AvgIpc) is 2.76. The maximum Gasteiger partial charge on any atom is 0.243 e. The molecular weight excluding hydrogens is 436 g/mol. The number of ether oxygens (including phenoxy) is 1. The molecule has 1 aliphatic carbocycles. The Labute approximate surface area is 189 Å². The third kappa shape index (κ3) is 5.79. The van der Waals surface area contributed by atoms with Crippen LogP contribution in [0.5, 0.6) is 5.75 Å². The molecule has 2 aromatic rings. The van der Waals surface area contributed by atoms with Crippen molar-refractivity contribution in [2.45, 2.75) is 56.9 Å². The number of nitrogens with one attached hydrogen (secondary N) is 1. The Hall–Kier alpha value is -2.09. The van der Waals surface area contributed by atoms with Crippen LogP contribution in [0.3, 0.4) is 0 Å². The van der Waals surface area contributed by atoms with Crippen molar-refractivity contribution < 1.29 is 17.9 Å². The number of amides is 1. The van der Waals surface area contributed by atoms with Gasteiger partial charge in [-0.25, -0.2) is 8.42 Å². The highest BCUT2D eigenvalue weighted by atomic mass is 35.5. The van der Waals surface area contributed by atoms with Gasteiger partial charge < -0.3 is 10.1 Å². The average molecular weight is 465 g/mol. The summed E-state index contributed by atoms with van der Waals surface area (Å²) < 4.78 is 33.8. The van der Waals surface area contributed by atoms with Gasteiger partial charge in [-0.15, -0.1) is 0 Å². The number of rotatable bonds is 8. The second-order valence-electron chi connectivity index (χ2n) is 7.71. The summed E-state index contributed by atoms with van der Waals surface area (Å²) in [5.41, 5.74) is 1.33. The van der Waals surface area contributed by atoms with Gasteiger partial charge >= 0.3 is 0 Å². The number of benzene rings is 2. The molecule has 0 aliphatic heterocycles. The fourth-order valence-corrected chi connectivity index (χ4v) is 5.68. The highest BCUT2D eigenvalue weighted by Gasteiger charge is 2.34. The van der Waals surface area contributed by atoms with Crippen LogP contribution in [0.15, 0.2) is 47.4 Å². The smallest absolute Gasteiger partial charge is 0.243 e. The first-order valence-electron chi connectivity index (χ1n) is 10.6. The van der Waals surface area contributed by atoms with Crippen LogP contribution in [0.2, 0.25) is 5.02 Å². The molecule has 2 aromatic carbocycles. The fraction of sp³-hybridized carbons (Fsp3) is 0.435. The minimum Gasteiger partial charge on any atom is -0.494 e. The Balaban J connectivity index is 1.85. The lowest BCUT2D eigenvalue weighted by atomic mass is 9.95. The second-order valence-corrected chi connectivity index (χ2v) is 10.0. The molecule has 0 saturated heterocycles. The number of sulfonamides is 1. The Kier molecular flexibility index (Phi) is 7.97. The number of carbonyl (C=O) groups excluding carboxylic acids is 1. The van der Waals surface area contributed by atoms with E-state index in [1.54, 1.807) is 30.3 Å². The second kappa shape index (κ2) is 10.5. The predicted octanol–water partition coefficient (Wildman–Crippen LogP) is 5.01. The van der Waals surface area contributed by atoms with Gasteiger partial charge in [-0.2, -0.15) is 4.31 Å². The molecule has 0 heterocycles. The normalized spacial score (nSPS) is 15.1. The van der Waals surface area contributed by atoms with E-state index in [-0.39, 0.29) is 23.4 Å². The molecule has 1 saturated carbocycles. The molecule has 6 nitrogen and oxygen atoms in total. The molecule has 0 aromatic heterocycles. The van der Waals surface area contributed by atoms with E-state index in [1.807, 2.05) is 13.8 Å². The molecule has 1 amide bonds.